The first-order chi connectivity index (χ1) is 36.0. The van der Waals surface area contributed by atoms with Crippen LogP contribution in [0.5, 0.6) is 5.75 Å². The molecule has 4 fully saturated rings. The van der Waals surface area contributed by atoms with Crippen molar-refractivity contribution < 1.29 is 32.9 Å². The highest BCUT2D eigenvalue weighted by Crippen LogP contribution is 2.47. The zero-order valence-electron chi connectivity index (χ0n) is 42.2. The van der Waals surface area contributed by atoms with E-state index in [0.29, 0.717) is 57.7 Å². The molecular formula is C55H58BrFN11O6P. The lowest BCUT2D eigenvalue weighted by molar-refractivity contribution is -0.136. The summed E-state index contributed by atoms with van der Waals surface area (Å²) in [6.45, 7) is 9.56. The van der Waals surface area contributed by atoms with Gasteiger partial charge in [-0.15, -0.1) is 0 Å². The lowest BCUT2D eigenvalue weighted by Gasteiger charge is -2.55. The van der Waals surface area contributed by atoms with Gasteiger partial charge in [-0.25, -0.2) is 9.37 Å². The van der Waals surface area contributed by atoms with Crippen molar-refractivity contribution in [1.29, 1.82) is 0 Å². The highest BCUT2D eigenvalue weighted by Gasteiger charge is 2.47. The molecule has 0 saturated carbocycles. The van der Waals surface area contributed by atoms with Crippen molar-refractivity contribution in [2.24, 2.45) is 18.4 Å². The summed E-state index contributed by atoms with van der Waals surface area (Å²) in [6, 6.07) is 21.6. The number of rotatable bonds is 13. The predicted molar refractivity (Wildman–Crippen MR) is 291 cm³/mol. The number of hydrogen-bond acceptors (Lipinski definition) is 14. The van der Waals surface area contributed by atoms with Gasteiger partial charge in [0.05, 0.1) is 46.0 Å². The molecule has 0 bridgehead atoms. The summed E-state index contributed by atoms with van der Waals surface area (Å²) in [7, 11) is 0.845. The third-order valence-electron chi connectivity index (χ3n) is 15.5. The molecule has 2 aromatic heterocycles. The summed E-state index contributed by atoms with van der Waals surface area (Å²) in [5, 5.41) is 14.3. The van der Waals surface area contributed by atoms with Gasteiger partial charge in [-0.3, -0.25) is 34.1 Å². The number of amides is 4. The minimum Gasteiger partial charge on any atom is -0.494 e. The molecular weight excluding hydrogens is 1040 g/mol. The number of nitrogens with zero attached hydrogens (tertiary/aromatic N) is 8. The third-order valence-corrected chi connectivity index (χ3v) is 17.6. The Morgan fingerprint density at radius 2 is 1.53 bits per heavy atom. The van der Waals surface area contributed by atoms with Crippen LogP contribution in [0.15, 0.2) is 95.9 Å². The molecule has 75 heavy (non-hydrogen) atoms. The van der Waals surface area contributed by atoms with Crippen molar-refractivity contribution in [3.8, 4) is 28.0 Å². The zero-order chi connectivity index (χ0) is 52.3. The van der Waals surface area contributed by atoms with Crippen molar-refractivity contribution in [3.63, 3.8) is 0 Å². The number of fused-ring (bicyclic) bond motifs is 1. The van der Waals surface area contributed by atoms with Gasteiger partial charge in [-0.2, -0.15) is 10.1 Å². The number of carbonyl (C=O) groups excluding carboxylic acids is 4. The van der Waals surface area contributed by atoms with Crippen LogP contribution in [0.4, 0.5) is 38.9 Å². The molecule has 4 aromatic carbocycles. The van der Waals surface area contributed by atoms with Crippen LogP contribution in [0, 0.1) is 17.2 Å². The lowest BCUT2D eigenvalue weighted by Crippen LogP contribution is -2.61. The Labute approximate surface area is 442 Å². The second kappa shape index (κ2) is 20.0. The van der Waals surface area contributed by atoms with Gasteiger partial charge in [0.15, 0.2) is 0 Å². The number of carbonyl (C=O) groups is 4. The number of imide groups is 2. The standard InChI is InChI=1S/C55H58BrFN11O6P/c1-64-30-36(27-59-64)37-24-43(61-54-58-28-40(56)50(63-54)60-42-11-10-35(22-48(42)75(3,4)73)34-8-6-5-7-9-34)47(74-2)26-45(37)67-20-16-55(17-21-67)31-65(32-55)29-33-14-18-66(19-15-33)46-25-39-38(23-41(46)57)52(71)68(53(39)72)44-12-13-49(69)62-51(44)70/h5-11,22-28,30,33,44H,12-21,29,31-32H2,1-4H3,(H,62,69,70)(H2,58,60,61,63). The number of benzene rings is 4. The minimum absolute atomic E-state index is 0.0159. The molecule has 20 heteroatoms. The van der Waals surface area contributed by atoms with Crippen molar-refractivity contribution >= 4 is 86.5 Å². The normalized spacial score (nSPS) is 19.1. The third kappa shape index (κ3) is 9.93. The summed E-state index contributed by atoms with van der Waals surface area (Å²) in [5.41, 5.74) is 6.97. The number of piperidine rings is 3. The van der Waals surface area contributed by atoms with E-state index in [2.05, 4.69) is 63.9 Å². The first-order valence-electron chi connectivity index (χ1n) is 25.3. The van der Waals surface area contributed by atoms with E-state index < -0.39 is 42.6 Å². The molecule has 5 aliphatic rings. The lowest BCUT2D eigenvalue weighted by atomic mass is 9.71. The fourth-order valence-electron chi connectivity index (χ4n) is 11.6. The van der Waals surface area contributed by atoms with Gasteiger partial charge in [0.1, 0.15) is 30.6 Å². The number of aromatic nitrogens is 4. The molecule has 11 rings (SSSR count). The second-order valence-corrected chi connectivity index (χ2v) is 25.0. The molecule has 6 aromatic rings. The van der Waals surface area contributed by atoms with Gasteiger partial charge >= 0.3 is 0 Å². The number of anilines is 6. The van der Waals surface area contributed by atoms with Crippen LogP contribution in [-0.2, 0) is 21.2 Å². The number of aryl methyl sites for hydroxylation is 1. The fraction of sp³-hybridized carbons (Fsp3) is 0.364. The maximum absolute atomic E-state index is 15.7. The molecule has 7 heterocycles. The highest BCUT2D eigenvalue weighted by atomic mass is 79.9. The van der Waals surface area contributed by atoms with E-state index in [1.54, 1.807) is 31.3 Å². The maximum atomic E-state index is 15.7. The van der Waals surface area contributed by atoms with E-state index in [9.17, 15) is 23.7 Å². The van der Waals surface area contributed by atoms with E-state index >= 15 is 4.39 Å². The summed E-state index contributed by atoms with van der Waals surface area (Å²) < 4.78 is 37.8. The summed E-state index contributed by atoms with van der Waals surface area (Å²) >= 11 is 3.63. The molecule has 1 unspecified atom stereocenters. The van der Waals surface area contributed by atoms with Crippen LogP contribution in [0.25, 0.3) is 22.3 Å². The molecule has 17 nitrogen and oxygen atoms in total. The van der Waals surface area contributed by atoms with Gasteiger partial charge in [-0.1, -0.05) is 36.4 Å². The van der Waals surface area contributed by atoms with E-state index in [0.717, 1.165) is 97.3 Å². The molecule has 1 spiro atoms. The zero-order valence-corrected chi connectivity index (χ0v) is 44.7. The Morgan fingerprint density at radius 3 is 2.21 bits per heavy atom. The van der Waals surface area contributed by atoms with Crippen molar-refractivity contribution in [2.75, 3.05) is 86.7 Å². The smallest absolute Gasteiger partial charge is 0.262 e. The largest absolute Gasteiger partial charge is 0.494 e. The van der Waals surface area contributed by atoms with Gasteiger partial charge in [-0.05, 0) is 114 Å². The van der Waals surface area contributed by atoms with E-state index in [1.165, 1.54) is 6.07 Å². The number of halogens is 2. The van der Waals surface area contributed by atoms with Crippen LogP contribution >= 0.6 is 23.1 Å². The first kappa shape index (κ1) is 50.2. The Balaban J connectivity index is 0.728. The number of methoxy groups -OCH3 is 1. The SMILES string of the molecule is COc1cc(N2CCC3(CC2)CN(CC2CCN(c4cc5c(cc4F)C(=O)N(C4CCC(=O)NC4=O)C5=O)CC2)C3)c(-c2cnn(C)c2)cc1Nc1ncc(Br)c(Nc2ccc(-c3ccccc3)cc2P(C)(C)=O)n1. The Hall–Kier alpha value is -6.95. The summed E-state index contributed by atoms with van der Waals surface area (Å²) in [5.74, 6) is -1.15. The molecule has 5 aliphatic heterocycles. The van der Waals surface area contributed by atoms with Crippen LogP contribution in [0.1, 0.15) is 59.2 Å². The van der Waals surface area contributed by atoms with Crippen LogP contribution in [0.2, 0.25) is 0 Å². The molecule has 0 aliphatic carbocycles. The summed E-state index contributed by atoms with van der Waals surface area (Å²) in [4.78, 5) is 68.3. The van der Waals surface area contributed by atoms with Crippen molar-refractivity contribution in [3.05, 3.63) is 113 Å². The van der Waals surface area contributed by atoms with Crippen LogP contribution in [-0.4, -0.2) is 125 Å². The Morgan fingerprint density at radius 1 is 0.813 bits per heavy atom. The van der Waals surface area contributed by atoms with E-state index in [1.807, 2.05) is 72.9 Å². The monoisotopic (exact) mass is 1100 g/mol. The number of nitrogens with one attached hydrogen (secondary N) is 3. The Bertz CT molecular complexity index is 3310. The van der Waals surface area contributed by atoms with Crippen LogP contribution < -0.4 is 35.8 Å². The van der Waals surface area contributed by atoms with Gasteiger partial charge in [0, 0.05) is 99.9 Å². The molecule has 4 amide bonds. The average molecular weight is 1100 g/mol. The topological polar surface area (TPSA) is 187 Å². The minimum atomic E-state index is -2.72. The number of hydrogen-bond donors (Lipinski definition) is 3. The molecule has 4 saturated heterocycles. The maximum Gasteiger partial charge on any atom is 0.262 e. The average Bonchev–Trinajstić information content (AvgIpc) is 3.93. The predicted octanol–water partition coefficient (Wildman–Crippen LogP) is 8.41. The number of likely N-dealkylation sites (tertiary alicyclic amines) is 1. The van der Waals surface area contributed by atoms with Gasteiger partial charge < -0.3 is 34.6 Å². The first-order valence-corrected chi connectivity index (χ1v) is 28.7. The van der Waals surface area contributed by atoms with Crippen molar-refractivity contribution in [2.45, 2.75) is 44.6 Å². The van der Waals surface area contributed by atoms with Crippen LogP contribution in [0.3, 0.4) is 0 Å². The molecule has 1 atom stereocenters. The fourth-order valence-corrected chi connectivity index (χ4v) is 13.0. The quantitative estimate of drug-likeness (QED) is 0.0739. The molecule has 388 valence electrons. The summed E-state index contributed by atoms with van der Waals surface area (Å²) in [6.07, 6.45) is 9.44. The van der Waals surface area contributed by atoms with E-state index in [-0.39, 0.29) is 35.1 Å². The van der Waals surface area contributed by atoms with Crippen molar-refractivity contribution in [1.82, 2.24) is 34.9 Å². The highest BCUT2D eigenvalue weighted by molar-refractivity contribution is 9.10. The van der Waals surface area contributed by atoms with Gasteiger partial charge in [0.25, 0.3) is 11.8 Å². The second-order valence-electron chi connectivity index (χ2n) is 20.9. The van der Waals surface area contributed by atoms with Gasteiger partial charge in [0.2, 0.25) is 17.8 Å². The molecule has 0 radical (unpaired) electrons. The number of ether oxygens (including phenoxy) is 1. The molecule has 3 N–H and O–H groups in total. The van der Waals surface area contributed by atoms with E-state index in [4.69, 9.17) is 9.72 Å². The Kier molecular flexibility index (Phi) is 13.4.